The summed E-state index contributed by atoms with van der Waals surface area (Å²) in [5.41, 5.74) is 0. The summed E-state index contributed by atoms with van der Waals surface area (Å²) < 4.78 is 0. The van der Waals surface area contributed by atoms with Crippen molar-refractivity contribution < 1.29 is 24.3 Å². The molecule has 1 aliphatic carbocycles. The van der Waals surface area contributed by atoms with Gasteiger partial charge in [0.15, 0.2) is 0 Å². The van der Waals surface area contributed by atoms with E-state index >= 15 is 0 Å². The van der Waals surface area contributed by atoms with Gasteiger partial charge >= 0.3 is 5.97 Å². The summed E-state index contributed by atoms with van der Waals surface area (Å²) in [5, 5.41) is 13.7. The van der Waals surface area contributed by atoms with E-state index < -0.39 is 35.7 Å². The number of hydrogen-bond acceptors (Lipinski definition) is 4. The van der Waals surface area contributed by atoms with Gasteiger partial charge in [0.25, 0.3) is 0 Å². The van der Waals surface area contributed by atoms with Crippen LogP contribution in [0.15, 0.2) is 0 Å². The molecule has 2 rings (SSSR count). The van der Waals surface area contributed by atoms with E-state index in [1.165, 1.54) is 0 Å². The molecule has 1 saturated carbocycles. The Morgan fingerprint density at radius 1 is 1.16 bits per heavy atom. The Bertz CT molecular complexity index is 434. The maximum Gasteiger partial charge on any atom is 0.307 e. The molecule has 3 atom stereocenters. The molecule has 1 saturated heterocycles. The van der Waals surface area contributed by atoms with Crippen LogP contribution < -0.4 is 10.6 Å². The summed E-state index contributed by atoms with van der Waals surface area (Å²) in [5.74, 6) is -3.49. The molecule has 2 fully saturated rings. The highest BCUT2D eigenvalue weighted by molar-refractivity contribution is 6.02. The molecule has 0 aromatic rings. The molecule has 7 heteroatoms. The average molecular weight is 268 g/mol. The second kappa shape index (κ2) is 5.38. The molecular weight excluding hydrogens is 252 g/mol. The lowest BCUT2D eigenvalue weighted by molar-refractivity contribution is -0.146. The van der Waals surface area contributed by atoms with Gasteiger partial charge in [-0.2, -0.15) is 0 Å². The minimum Gasteiger partial charge on any atom is -0.481 e. The smallest absolute Gasteiger partial charge is 0.307 e. The van der Waals surface area contributed by atoms with Gasteiger partial charge in [0, 0.05) is 6.42 Å². The fourth-order valence-corrected chi connectivity index (χ4v) is 2.68. The van der Waals surface area contributed by atoms with Crippen LogP contribution in [-0.4, -0.2) is 34.8 Å². The van der Waals surface area contributed by atoms with Gasteiger partial charge in [0.2, 0.25) is 17.7 Å². The Kier molecular flexibility index (Phi) is 3.82. The summed E-state index contributed by atoms with van der Waals surface area (Å²) in [6, 6.07) is -0.736. The predicted molar refractivity (Wildman–Crippen MR) is 62.8 cm³/mol. The third-order valence-electron chi connectivity index (χ3n) is 3.73. The van der Waals surface area contributed by atoms with Gasteiger partial charge in [-0.15, -0.1) is 0 Å². The third kappa shape index (κ3) is 2.91. The lowest BCUT2D eigenvalue weighted by Gasteiger charge is -2.24. The second-order valence-corrected chi connectivity index (χ2v) is 4.99. The molecule has 1 unspecified atom stereocenters. The number of rotatable bonds is 3. The number of hydrogen-bond donors (Lipinski definition) is 3. The van der Waals surface area contributed by atoms with Crippen molar-refractivity contribution in [3.63, 3.8) is 0 Å². The summed E-state index contributed by atoms with van der Waals surface area (Å²) in [6.07, 6.45) is 2.16. The van der Waals surface area contributed by atoms with Crippen LogP contribution in [0, 0.1) is 11.8 Å². The fraction of sp³-hybridized carbons (Fsp3) is 0.667. The van der Waals surface area contributed by atoms with E-state index in [4.69, 9.17) is 5.11 Å². The van der Waals surface area contributed by atoms with Crippen LogP contribution in [0.4, 0.5) is 0 Å². The topological polar surface area (TPSA) is 113 Å². The number of piperidine rings is 1. The van der Waals surface area contributed by atoms with Crippen molar-refractivity contribution in [3.8, 4) is 0 Å². The molecule has 104 valence electrons. The van der Waals surface area contributed by atoms with Crippen molar-refractivity contribution in [1.82, 2.24) is 10.6 Å². The summed E-state index contributed by atoms with van der Waals surface area (Å²) >= 11 is 0. The molecule has 2 aliphatic rings. The standard InChI is InChI=1S/C12H16N2O5/c15-9-5-4-8(11(17)14-9)13-10(16)6-2-1-3-7(6)12(18)19/h6-8H,1-5H2,(H,13,16)(H,18,19)(H,14,15,17)/t6-,7+,8?/m1/s1. The van der Waals surface area contributed by atoms with Crippen molar-refractivity contribution in [3.05, 3.63) is 0 Å². The first-order chi connectivity index (χ1) is 8.99. The molecule has 7 nitrogen and oxygen atoms in total. The van der Waals surface area contributed by atoms with E-state index in [9.17, 15) is 19.2 Å². The first-order valence-corrected chi connectivity index (χ1v) is 6.36. The Labute approximate surface area is 109 Å². The minimum atomic E-state index is -0.971. The molecule has 0 radical (unpaired) electrons. The van der Waals surface area contributed by atoms with Crippen LogP contribution in [-0.2, 0) is 19.2 Å². The van der Waals surface area contributed by atoms with Crippen molar-refractivity contribution in [2.24, 2.45) is 11.8 Å². The van der Waals surface area contributed by atoms with Crippen LogP contribution in [0.3, 0.4) is 0 Å². The maximum atomic E-state index is 12.0. The van der Waals surface area contributed by atoms with Crippen LogP contribution in [0.5, 0.6) is 0 Å². The van der Waals surface area contributed by atoms with Crippen molar-refractivity contribution in [1.29, 1.82) is 0 Å². The van der Waals surface area contributed by atoms with E-state index in [2.05, 4.69) is 10.6 Å². The molecule has 3 N–H and O–H groups in total. The average Bonchev–Trinajstić information content (AvgIpc) is 2.82. The molecule has 1 heterocycles. The highest BCUT2D eigenvalue weighted by atomic mass is 16.4. The van der Waals surface area contributed by atoms with Crippen LogP contribution in [0.1, 0.15) is 32.1 Å². The monoisotopic (exact) mass is 268 g/mol. The molecule has 1 aliphatic heterocycles. The highest BCUT2D eigenvalue weighted by Gasteiger charge is 2.39. The normalized spacial score (nSPS) is 30.8. The Balaban J connectivity index is 1.95. The zero-order valence-electron chi connectivity index (χ0n) is 10.3. The molecule has 3 amide bonds. The van der Waals surface area contributed by atoms with E-state index in [1.807, 2.05) is 0 Å². The van der Waals surface area contributed by atoms with Gasteiger partial charge in [0.05, 0.1) is 11.8 Å². The number of carbonyl (C=O) groups is 4. The molecule has 0 spiro atoms. The lowest BCUT2D eigenvalue weighted by Crippen LogP contribution is -2.53. The SMILES string of the molecule is O=C1CCC(NC(=O)[C@@H]2CCC[C@@H]2C(=O)O)C(=O)N1. The van der Waals surface area contributed by atoms with Crippen molar-refractivity contribution in [2.75, 3.05) is 0 Å². The Morgan fingerprint density at radius 3 is 2.47 bits per heavy atom. The van der Waals surface area contributed by atoms with Crippen LogP contribution in [0.25, 0.3) is 0 Å². The molecule has 0 bridgehead atoms. The van der Waals surface area contributed by atoms with E-state index in [0.717, 1.165) is 0 Å². The van der Waals surface area contributed by atoms with Gasteiger partial charge in [-0.25, -0.2) is 0 Å². The lowest BCUT2D eigenvalue weighted by atomic mass is 9.94. The van der Waals surface area contributed by atoms with E-state index in [0.29, 0.717) is 19.3 Å². The largest absolute Gasteiger partial charge is 0.481 e. The third-order valence-corrected chi connectivity index (χ3v) is 3.73. The molecule has 0 aromatic carbocycles. The van der Waals surface area contributed by atoms with Gasteiger partial charge in [-0.3, -0.25) is 24.5 Å². The first-order valence-electron chi connectivity index (χ1n) is 6.36. The number of carboxylic acid groups (broad SMARTS) is 1. The van der Waals surface area contributed by atoms with Crippen LogP contribution >= 0.6 is 0 Å². The number of imide groups is 1. The van der Waals surface area contributed by atoms with Gasteiger partial charge in [0.1, 0.15) is 6.04 Å². The predicted octanol–water partition coefficient (Wildman–Crippen LogP) is -0.591. The quantitative estimate of drug-likeness (QED) is 0.592. The van der Waals surface area contributed by atoms with Crippen LogP contribution in [0.2, 0.25) is 0 Å². The second-order valence-electron chi connectivity index (χ2n) is 4.99. The molecule has 0 aromatic heterocycles. The van der Waals surface area contributed by atoms with E-state index in [1.54, 1.807) is 0 Å². The number of carboxylic acids is 1. The molecular formula is C12H16N2O5. The minimum absolute atomic E-state index is 0.184. The van der Waals surface area contributed by atoms with Gasteiger partial charge in [-0.05, 0) is 19.3 Å². The number of aliphatic carboxylic acids is 1. The first kappa shape index (κ1) is 13.5. The Hall–Kier alpha value is -1.92. The summed E-state index contributed by atoms with van der Waals surface area (Å²) in [6.45, 7) is 0. The summed E-state index contributed by atoms with van der Waals surface area (Å²) in [4.78, 5) is 45.5. The van der Waals surface area contributed by atoms with Gasteiger partial charge in [-0.1, -0.05) is 6.42 Å². The van der Waals surface area contributed by atoms with Crippen molar-refractivity contribution >= 4 is 23.7 Å². The zero-order chi connectivity index (χ0) is 14.0. The zero-order valence-corrected chi connectivity index (χ0v) is 10.3. The van der Waals surface area contributed by atoms with Gasteiger partial charge < -0.3 is 10.4 Å². The summed E-state index contributed by atoms with van der Waals surface area (Å²) in [7, 11) is 0. The Morgan fingerprint density at radius 2 is 1.84 bits per heavy atom. The fourth-order valence-electron chi connectivity index (χ4n) is 2.68. The highest BCUT2D eigenvalue weighted by Crippen LogP contribution is 2.32. The molecule has 19 heavy (non-hydrogen) atoms. The van der Waals surface area contributed by atoms with E-state index in [-0.39, 0.29) is 18.7 Å². The number of nitrogens with one attached hydrogen (secondary N) is 2. The number of carbonyl (C=O) groups excluding carboxylic acids is 3. The van der Waals surface area contributed by atoms with Crippen molar-refractivity contribution in [2.45, 2.75) is 38.1 Å². The maximum absolute atomic E-state index is 12.0. The number of amides is 3.